The Morgan fingerprint density at radius 1 is 0.931 bits per heavy atom. The fourth-order valence-electron chi connectivity index (χ4n) is 4.74. The van der Waals surface area contributed by atoms with E-state index in [1.807, 2.05) is 35.2 Å². The summed E-state index contributed by atoms with van der Waals surface area (Å²) in [6.45, 7) is 2.25. The Morgan fingerprint density at radius 2 is 1.76 bits per heavy atom. The van der Waals surface area contributed by atoms with Gasteiger partial charge in [-0.25, -0.2) is 9.37 Å². The number of halogens is 1. The zero-order valence-corrected chi connectivity index (χ0v) is 15.9. The van der Waals surface area contributed by atoms with Crippen molar-refractivity contribution >= 4 is 11.7 Å². The van der Waals surface area contributed by atoms with Gasteiger partial charge in [-0.1, -0.05) is 24.3 Å². The molecule has 6 heteroatoms. The average Bonchev–Trinajstić information content (AvgIpc) is 3.32. The van der Waals surface area contributed by atoms with Gasteiger partial charge in [0.15, 0.2) is 0 Å². The molecule has 2 aliphatic rings. The molecule has 2 fully saturated rings. The number of carbonyl (C=O) groups is 1. The molecule has 0 radical (unpaired) electrons. The second-order valence-corrected chi connectivity index (χ2v) is 7.69. The topological polar surface area (TPSA) is 49.3 Å². The van der Waals surface area contributed by atoms with Crippen LogP contribution in [0.2, 0.25) is 0 Å². The maximum Gasteiger partial charge on any atom is 0.272 e. The predicted octanol–water partition coefficient (Wildman–Crippen LogP) is 3.57. The quantitative estimate of drug-likeness (QED) is 0.688. The molecule has 0 spiro atoms. The highest BCUT2D eigenvalue weighted by Gasteiger charge is 2.49. The zero-order valence-electron chi connectivity index (χ0n) is 15.9. The first kappa shape index (κ1) is 17.8. The van der Waals surface area contributed by atoms with Gasteiger partial charge in [0, 0.05) is 43.9 Å². The Balaban J connectivity index is 1.49. The van der Waals surface area contributed by atoms with E-state index in [4.69, 9.17) is 0 Å². The van der Waals surface area contributed by atoms with Crippen molar-refractivity contribution in [3.05, 3.63) is 90.1 Å². The second-order valence-electron chi connectivity index (χ2n) is 7.69. The third kappa shape index (κ3) is 3.24. The molecule has 5 rings (SSSR count). The van der Waals surface area contributed by atoms with E-state index in [0.717, 1.165) is 24.5 Å². The summed E-state index contributed by atoms with van der Waals surface area (Å²) in [6, 6.07) is 17.7. The van der Waals surface area contributed by atoms with Gasteiger partial charge >= 0.3 is 0 Å². The van der Waals surface area contributed by atoms with E-state index in [-0.39, 0.29) is 23.7 Å². The Labute approximate surface area is 168 Å². The summed E-state index contributed by atoms with van der Waals surface area (Å²) in [5, 5.41) is 0. The fourth-order valence-corrected chi connectivity index (χ4v) is 4.74. The number of benzene rings is 1. The number of carbonyl (C=O) groups excluding carboxylic acids is 1. The van der Waals surface area contributed by atoms with Gasteiger partial charge in [0.2, 0.25) is 0 Å². The molecule has 4 heterocycles. The summed E-state index contributed by atoms with van der Waals surface area (Å²) in [7, 11) is 0. The lowest BCUT2D eigenvalue weighted by molar-refractivity contribution is 0.0709. The molecular weight excluding hydrogens is 367 g/mol. The first-order valence-corrected chi connectivity index (χ1v) is 9.84. The number of hydrogen-bond donors (Lipinski definition) is 0. The van der Waals surface area contributed by atoms with Crippen molar-refractivity contribution < 1.29 is 9.18 Å². The molecule has 3 atom stereocenters. The number of likely N-dealkylation sites (tertiary alicyclic amines) is 1. The first-order valence-electron chi connectivity index (χ1n) is 9.84. The molecule has 1 aromatic carbocycles. The van der Waals surface area contributed by atoms with Crippen LogP contribution in [0.25, 0.3) is 0 Å². The van der Waals surface area contributed by atoms with Crippen molar-refractivity contribution in [2.45, 2.75) is 6.04 Å². The number of rotatable bonds is 3. The third-order valence-corrected chi connectivity index (χ3v) is 5.97. The van der Waals surface area contributed by atoms with Crippen molar-refractivity contribution in [2.24, 2.45) is 11.8 Å². The molecule has 5 nitrogen and oxygen atoms in total. The Hall–Kier alpha value is -3.28. The lowest BCUT2D eigenvalue weighted by Crippen LogP contribution is -2.36. The molecular formula is C23H21FN4O. The number of anilines is 1. The van der Waals surface area contributed by atoms with E-state index in [0.29, 0.717) is 18.2 Å². The van der Waals surface area contributed by atoms with E-state index >= 15 is 0 Å². The van der Waals surface area contributed by atoms with E-state index in [2.05, 4.69) is 14.9 Å². The summed E-state index contributed by atoms with van der Waals surface area (Å²) >= 11 is 0. The van der Waals surface area contributed by atoms with E-state index in [9.17, 15) is 9.18 Å². The summed E-state index contributed by atoms with van der Waals surface area (Å²) < 4.78 is 14.0. The van der Waals surface area contributed by atoms with Crippen LogP contribution in [0.3, 0.4) is 0 Å². The molecule has 0 saturated carbocycles. The van der Waals surface area contributed by atoms with Gasteiger partial charge in [0.25, 0.3) is 5.91 Å². The summed E-state index contributed by atoms with van der Waals surface area (Å²) in [4.78, 5) is 26.1. The Bertz CT molecular complexity index is 1010. The van der Waals surface area contributed by atoms with Crippen LogP contribution in [0.5, 0.6) is 0 Å². The van der Waals surface area contributed by atoms with Crippen molar-refractivity contribution in [1.82, 2.24) is 14.9 Å². The summed E-state index contributed by atoms with van der Waals surface area (Å²) in [5.41, 5.74) is 1.26. The molecule has 29 heavy (non-hydrogen) atoms. The predicted molar refractivity (Wildman–Crippen MR) is 108 cm³/mol. The Kier molecular flexibility index (Phi) is 4.46. The smallest absolute Gasteiger partial charge is 0.272 e. The third-order valence-electron chi connectivity index (χ3n) is 5.97. The Morgan fingerprint density at radius 3 is 2.48 bits per heavy atom. The second kappa shape index (κ2) is 7.28. The number of nitrogens with zero attached hydrogens (tertiary/aromatic N) is 4. The van der Waals surface area contributed by atoms with Gasteiger partial charge in [0.1, 0.15) is 17.3 Å². The standard InChI is InChI=1S/C23H21FN4O/c24-18-7-5-6-16(12-18)22-19-15-27(21-9-2-4-11-26-21)13-17(19)14-28(22)23(29)20-8-1-3-10-25-20/h1-12,17,19,22H,13-15H2/t17-,19-,22-/m0/s1. The highest BCUT2D eigenvalue weighted by Crippen LogP contribution is 2.46. The minimum atomic E-state index is -0.282. The van der Waals surface area contributed by atoms with Crippen LogP contribution in [0.4, 0.5) is 10.2 Å². The van der Waals surface area contributed by atoms with Crippen LogP contribution in [-0.2, 0) is 0 Å². The van der Waals surface area contributed by atoms with Gasteiger partial charge in [-0.05, 0) is 42.0 Å². The van der Waals surface area contributed by atoms with Crippen molar-refractivity contribution in [1.29, 1.82) is 0 Å². The van der Waals surface area contributed by atoms with Gasteiger partial charge in [-0.3, -0.25) is 9.78 Å². The van der Waals surface area contributed by atoms with Crippen LogP contribution in [0.1, 0.15) is 22.1 Å². The van der Waals surface area contributed by atoms with E-state index in [1.165, 1.54) is 6.07 Å². The van der Waals surface area contributed by atoms with Crippen LogP contribution in [0.15, 0.2) is 73.1 Å². The van der Waals surface area contributed by atoms with Gasteiger partial charge in [0.05, 0.1) is 6.04 Å². The van der Waals surface area contributed by atoms with Crippen LogP contribution < -0.4 is 4.90 Å². The molecule has 2 aliphatic heterocycles. The molecule has 0 aliphatic carbocycles. The molecule has 0 unspecified atom stereocenters. The summed E-state index contributed by atoms with van der Waals surface area (Å²) in [5.74, 6) is 1.08. The molecule has 146 valence electrons. The summed E-state index contributed by atoms with van der Waals surface area (Å²) in [6.07, 6.45) is 3.43. The molecule has 3 aromatic rings. The minimum Gasteiger partial charge on any atom is -0.356 e. The SMILES string of the molecule is O=C(c1ccccn1)N1C[C@@H]2CN(c3ccccn3)C[C@@H]2[C@@H]1c1cccc(F)c1. The molecule has 0 bridgehead atoms. The lowest BCUT2D eigenvalue weighted by Gasteiger charge is -2.30. The first-order chi connectivity index (χ1) is 14.2. The minimum absolute atomic E-state index is 0.0985. The number of amides is 1. The molecule has 2 aromatic heterocycles. The number of fused-ring (bicyclic) bond motifs is 1. The fraction of sp³-hybridized carbons (Fsp3) is 0.261. The zero-order chi connectivity index (χ0) is 19.8. The number of hydrogen-bond acceptors (Lipinski definition) is 4. The van der Waals surface area contributed by atoms with Gasteiger partial charge in [-0.15, -0.1) is 0 Å². The average molecular weight is 388 g/mol. The number of pyridine rings is 2. The van der Waals surface area contributed by atoms with Gasteiger partial charge in [-0.2, -0.15) is 0 Å². The molecule has 1 amide bonds. The number of aromatic nitrogens is 2. The van der Waals surface area contributed by atoms with Crippen molar-refractivity contribution in [3.8, 4) is 0 Å². The van der Waals surface area contributed by atoms with Crippen molar-refractivity contribution in [2.75, 3.05) is 24.5 Å². The maximum absolute atomic E-state index is 14.0. The normalized spacial score (nSPS) is 23.3. The van der Waals surface area contributed by atoms with Gasteiger partial charge < -0.3 is 9.80 Å². The van der Waals surface area contributed by atoms with Crippen LogP contribution in [0, 0.1) is 17.7 Å². The maximum atomic E-state index is 14.0. The van der Waals surface area contributed by atoms with Crippen molar-refractivity contribution in [3.63, 3.8) is 0 Å². The van der Waals surface area contributed by atoms with E-state index in [1.54, 1.807) is 36.7 Å². The van der Waals surface area contributed by atoms with E-state index < -0.39 is 0 Å². The monoisotopic (exact) mass is 388 g/mol. The van der Waals surface area contributed by atoms with Crippen LogP contribution >= 0.6 is 0 Å². The highest BCUT2D eigenvalue weighted by atomic mass is 19.1. The largest absolute Gasteiger partial charge is 0.356 e. The molecule has 2 saturated heterocycles. The molecule has 0 N–H and O–H groups in total. The lowest BCUT2D eigenvalue weighted by atomic mass is 9.89. The highest BCUT2D eigenvalue weighted by molar-refractivity contribution is 5.92. The van der Waals surface area contributed by atoms with Crippen LogP contribution in [-0.4, -0.2) is 40.4 Å².